The Balaban J connectivity index is 1.97. The van der Waals surface area contributed by atoms with Crippen LogP contribution in [0, 0.1) is 0 Å². The molecule has 6 heteroatoms. The molecule has 2 aromatic carbocycles. The number of rotatable bonds is 3. The SMILES string of the molecule is CSc1ccccc1C(=O)Nc1ccc(Cl)c2ncsc12. The van der Waals surface area contributed by atoms with Gasteiger partial charge >= 0.3 is 0 Å². The van der Waals surface area contributed by atoms with Crippen molar-refractivity contribution in [1.82, 2.24) is 4.98 Å². The number of nitrogens with one attached hydrogen (secondary N) is 1. The Morgan fingerprint density at radius 2 is 2.10 bits per heavy atom. The number of fused-ring (bicyclic) bond motifs is 1. The van der Waals surface area contributed by atoms with E-state index in [1.54, 1.807) is 23.3 Å². The molecule has 1 amide bonds. The number of aromatic nitrogens is 1. The second-order valence-corrected chi connectivity index (χ2v) is 6.39. The molecule has 0 aliphatic carbocycles. The van der Waals surface area contributed by atoms with Crippen molar-refractivity contribution in [2.75, 3.05) is 11.6 Å². The summed E-state index contributed by atoms with van der Waals surface area (Å²) in [4.78, 5) is 17.6. The Kier molecular flexibility index (Phi) is 4.14. The average molecular weight is 335 g/mol. The van der Waals surface area contributed by atoms with E-state index in [1.807, 2.05) is 36.6 Å². The number of carbonyl (C=O) groups excluding carboxylic acids is 1. The highest BCUT2D eigenvalue weighted by molar-refractivity contribution is 7.98. The number of nitrogens with zero attached hydrogens (tertiary/aromatic N) is 1. The van der Waals surface area contributed by atoms with Crippen molar-refractivity contribution in [1.29, 1.82) is 0 Å². The van der Waals surface area contributed by atoms with Crippen molar-refractivity contribution in [3.8, 4) is 0 Å². The molecule has 0 aliphatic rings. The molecule has 0 unspecified atom stereocenters. The van der Waals surface area contributed by atoms with Gasteiger partial charge in [0.25, 0.3) is 5.91 Å². The van der Waals surface area contributed by atoms with Crippen molar-refractivity contribution in [2.45, 2.75) is 4.90 Å². The number of carbonyl (C=O) groups is 1. The maximum absolute atomic E-state index is 12.5. The Morgan fingerprint density at radius 3 is 2.90 bits per heavy atom. The van der Waals surface area contributed by atoms with Crippen LogP contribution in [-0.2, 0) is 0 Å². The Bertz CT molecular complexity index is 816. The van der Waals surface area contributed by atoms with Crippen LogP contribution in [0.2, 0.25) is 5.02 Å². The van der Waals surface area contributed by atoms with Crippen LogP contribution in [0.5, 0.6) is 0 Å². The van der Waals surface area contributed by atoms with Gasteiger partial charge in [0.05, 0.1) is 26.5 Å². The smallest absolute Gasteiger partial charge is 0.256 e. The molecule has 1 aromatic heterocycles. The van der Waals surface area contributed by atoms with Gasteiger partial charge in [-0.3, -0.25) is 4.79 Å². The molecule has 0 aliphatic heterocycles. The third-order valence-electron chi connectivity index (χ3n) is 3.03. The van der Waals surface area contributed by atoms with Crippen LogP contribution in [0.1, 0.15) is 10.4 Å². The molecule has 0 saturated carbocycles. The van der Waals surface area contributed by atoms with Gasteiger partial charge in [0.1, 0.15) is 5.52 Å². The molecule has 3 rings (SSSR count). The third kappa shape index (κ3) is 2.77. The molecule has 106 valence electrons. The second-order valence-electron chi connectivity index (χ2n) is 4.28. The van der Waals surface area contributed by atoms with Gasteiger partial charge < -0.3 is 5.32 Å². The first kappa shape index (κ1) is 14.4. The molecule has 0 bridgehead atoms. The van der Waals surface area contributed by atoms with Crippen LogP contribution < -0.4 is 5.32 Å². The van der Waals surface area contributed by atoms with Crippen molar-refractivity contribution in [2.24, 2.45) is 0 Å². The zero-order valence-corrected chi connectivity index (χ0v) is 13.5. The van der Waals surface area contributed by atoms with Gasteiger partial charge in [0.15, 0.2) is 0 Å². The Labute approximate surface area is 135 Å². The summed E-state index contributed by atoms with van der Waals surface area (Å²) < 4.78 is 0.887. The fourth-order valence-corrected chi connectivity index (χ4v) is 3.68. The summed E-state index contributed by atoms with van der Waals surface area (Å²) in [6, 6.07) is 11.1. The van der Waals surface area contributed by atoms with Crippen LogP contribution in [0.3, 0.4) is 0 Å². The number of anilines is 1. The first-order valence-corrected chi connectivity index (χ1v) is 8.65. The van der Waals surface area contributed by atoms with E-state index in [0.717, 1.165) is 20.8 Å². The summed E-state index contributed by atoms with van der Waals surface area (Å²) in [7, 11) is 0. The van der Waals surface area contributed by atoms with Crippen LogP contribution in [0.4, 0.5) is 5.69 Å². The molecular weight excluding hydrogens is 324 g/mol. The van der Waals surface area contributed by atoms with Crippen LogP contribution in [0.25, 0.3) is 10.2 Å². The molecule has 3 aromatic rings. The topological polar surface area (TPSA) is 42.0 Å². The summed E-state index contributed by atoms with van der Waals surface area (Å²) in [5.74, 6) is -0.128. The first-order valence-electron chi connectivity index (χ1n) is 6.17. The standard InChI is InChI=1S/C15H11ClN2OS2/c1-20-12-5-3-2-4-9(12)15(19)18-11-7-6-10(16)13-14(11)21-8-17-13/h2-8H,1H3,(H,18,19). The number of benzene rings is 2. The van der Waals surface area contributed by atoms with Gasteiger partial charge in [-0.15, -0.1) is 23.1 Å². The van der Waals surface area contributed by atoms with Crippen molar-refractivity contribution < 1.29 is 4.79 Å². The van der Waals surface area contributed by atoms with E-state index in [-0.39, 0.29) is 5.91 Å². The zero-order chi connectivity index (χ0) is 14.8. The summed E-state index contributed by atoms with van der Waals surface area (Å²) in [6.07, 6.45) is 1.95. The lowest BCUT2D eigenvalue weighted by molar-refractivity contribution is 0.102. The monoisotopic (exact) mass is 334 g/mol. The predicted octanol–water partition coefficient (Wildman–Crippen LogP) is 4.92. The number of hydrogen-bond acceptors (Lipinski definition) is 4. The molecule has 0 spiro atoms. The maximum Gasteiger partial charge on any atom is 0.256 e. The largest absolute Gasteiger partial charge is 0.321 e. The van der Waals surface area contributed by atoms with Crippen LogP contribution in [-0.4, -0.2) is 17.1 Å². The van der Waals surface area contributed by atoms with Gasteiger partial charge in [-0.1, -0.05) is 23.7 Å². The highest BCUT2D eigenvalue weighted by Crippen LogP contribution is 2.32. The third-order valence-corrected chi connectivity index (χ3v) is 5.00. The van der Waals surface area contributed by atoms with Gasteiger partial charge in [-0.25, -0.2) is 4.98 Å². The van der Waals surface area contributed by atoms with Crippen LogP contribution >= 0.6 is 34.7 Å². The summed E-state index contributed by atoms with van der Waals surface area (Å²) in [5.41, 5.74) is 3.84. The highest BCUT2D eigenvalue weighted by Gasteiger charge is 2.14. The normalized spacial score (nSPS) is 10.8. The van der Waals surface area contributed by atoms with E-state index in [1.165, 1.54) is 11.3 Å². The van der Waals surface area contributed by atoms with Crippen molar-refractivity contribution >= 4 is 56.5 Å². The second kappa shape index (κ2) is 6.05. The minimum atomic E-state index is -0.128. The summed E-state index contributed by atoms with van der Waals surface area (Å²) >= 11 is 9.11. The molecule has 3 nitrogen and oxygen atoms in total. The molecule has 1 heterocycles. The number of amides is 1. The Hall–Kier alpha value is -1.56. The Morgan fingerprint density at radius 1 is 1.29 bits per heavy atom. The molecule has 0 saturated heterocycles. The van der Waals surface area contributed by atoms with Crippen molar-refractivity contribution in [3.63, 3.8) is 0 Å². The molecule has 21 heavy (non-hydrogen) atoms. The predicted molar refractivity (Wildman–Crippen MR) is 90.8 cm³/mol. The maximum atomic E-state index is 12.5. The number of hydrogen-bond donors (Lipinski definition) is 1. The first-order chi connectivity index (χ1) is 10.2. The van der Waals surface area contributed by atoms with Crippen molar-refractivity contribution in [3.05, 3.63) is 52.5 Å². The summed E-state index contributed by atoms with van der Waals surface area (Å²) in [5, 5.41) is 3.54. The van der Waals surface area contributed by atoms with Gasteiger partial charge in [0.2, 0.25) is 0 Å². The fourth-order valence-electron chi connectivity index (χ4n) is 2.04. The van der Waals surface area contributed by atoms with Gasteiger partial charge in [-0.2, -0.15) is 0 Å². The van der Waals surface area contributed by atoms with E-state index in [4.69, 9.17) is 11.6 Å². The average Bonchev–Trinajstić information content (AvgIpc) is 3.00. The van der Waals surface area contributed by atoms with Gasteiger partial charge in [-0.05, 0) is 30.5 Å². The lowest BCUT2D eigenvalue weighted by Gasteiger charge is -2.09. The lowest BCUT2D eigenvalue weighted by atomic mass is 10.2. The quantitative estimate of drug-likeness (QED) is 0.691. The molecule has 0 fully saturated rings. The van der Waals surface area contributed by atoms with Gasteiger partial charge in [0, 0.05) is 4.90 Å². The van der Waals surface area contributed by atoms with Crippen LogP contribution in [0.15, 0.2) is 46.8 Å². The molecule has 1 N–H and O–H groups in total. The fraction of sp³-hybridized carbons (Fsp3) is 0.0667. The lowest BCUT2D eigenvalue weighted by Crippen LogP contribution is -2.13. The molecule has 0 atom stereocenters. The zero-order valence-electron chi connectivity index (χ0n) is 11.1. The van der Waals surface area contributed by atoms with E-state index < -0.39 is 0 Å². The molecule has 0 radical (unpaired) electrons. The number of thiazole rings is 1. The van der Waals surface area contributed by atoms with E-state index in [9.17, 15) is 4.79 Å². The van der Waals surface area contributed by atoms with E-state index in [0.29, 0.717) is 10.6 Å². The van der Waals surface area contributed by atoms with E-state index >= 15 is 0 Å². The number of halogens is 1. The minimum absolute atomic E-state index is 0.128. The molecular formula is C15H11ClN2OS2. The minimum Gasteiger partial charge on any atom is -0.321 e. The number of thioether (sulfide) groups is 1. The van der Waals surface area contributed by atoms with E-state index in [2.05, 4.69) is 10.3 Å². The summed E-state index contributed by atoms with van der Waals surface area (Å²) in [6.45, 7) is 0. The highest BCUT2D eigenvalue weighted by atomic mass is 35.5.